The fraction of sp³-hybridized carbons (Fsp3) is 0.207. The van der Waals surface area contributed by atoms with E-state index >= 15 is 0 Å². The summed E-state index contributed by atoms with van der Waals surface area (Å²) in [5.41, 5.74) is 7.00. The Morgan fingerprint density at radius 1 is 0.844 bits per heavy atom. The number of nitrogens with zero attached hydrogens (tertiary/aromatic N) is 1. The van der Waals surface area contributed by atoms with Gasteiger partial charge in [0.15, 0.2) is 0 Å². The Morgan fingerprint density at radius 3 is 2.31 bits per heavy atom. The number of pyridine rings is 1. The van der Waals surface area contributed by atoms with Crippen molar-refractivity contribution in [2.75, 3.05) is 0 Å². The first-order valence-electron chi connectivity index (χ1n) is 11.7. The van der Waals surface area contributed by atoms with Crippen LogP contribution >= 0.6 is 0 Å². The molecule has 2 nitrogen and oxygen atoms in total. The zero-order valence-electron chi connectivity index (χ0n) is 20.4. The van der Waals surface area contributed by atoms with Crippen LogP contribution in [0.2, 0.25) is 17.3 Å². The van der Waals surface area contributed by atoms with Gasteiger partial charge in [0.1, 0.15) is 0 Å². The van der Waals surface area contributed by atoms with E-state index < -0.39 is 19.2 Å². The van der Waals surface area contributed by atoms with E-state index in [9.17, 15) is 0 Å². The molecule has 0 spiro atoms. The second-order valence-electron chi connectivity index (χ2n) is 9.69. The zero-order valence-corrected chi connectivity index (χ0v) is 21.5. The van der Waals surface area contributed by atoms with Crippen LogP contribution in [-0.2, 0) is 0 Å². The molecule has 3 heteroatoms. The summed E-state index contributed by atoms with van der Waals surface area (Å²) in [7, 11) is 0. The number of rotatable bonds is 4. The number of benzene rings is 3. The summed E-state index contributed by atoms with van der Waals surface area (Å²) in [6, 6.07) is 25.4. The van der Waals surface area contributed by atoms with Gasteiger partial charge < -0.3 is 0 Å². The molecule has 5 rings (SSSR count). The summed E-state index contributed by atoms with van der Waals surface area (Å²) < 4.78 is 16.6. The molecule has 0 N–H and O–H groups in total. The van der Waals surface area contributed by atoms with Gasteiger partial charge in [-0.2, -0.15) is 0 Å². The maximum absolute atomic E-state index is 8.44. The van der Waals surface area contributed by atoms with Crippen LogP contribution < -0.4 is 4.40 Å². The monoisotopic (exact) mass is 482 g/mol. The van der Waals surface area contributed by atoms with Crippen molar-refractivity contribution in [3.8, 4) is 22.4 Å². The maximum atomic E-state index is 8.44. The fourth-order valence-electron chi connectivity index (χ4n) is 4.47. The predicted octanol–water partition coefficient (Wildman–Crippen LogP) is 7.98. The third kappa shape index (κ3) is 3.57. The molecule has 2 aromatic heterocycles. The molecule has 160 valence electrons. The van der Waals surface area contributed by atoms with Gasteiger partial charge in [-0.15, -0.1) is 0 Å². The second kappa shape index (κ2) is 7.93. The first kappa shape index (κ1) is 19.8. The summed E-state index contributed by atoms with van der Waals surface area (Å²) in [6.45, 7) is 3.80. The van der Waals surface area contributed by atoms with Crippen LogP contribution in [-0.4, -0.2) is 18.3 Å². The average Bonchev–Trinajstić information content (AvgIpc) is 3.17. The summed E-state index contributed by atoms with van der Waals surface area (Å²) in [5, 5.41) is 2.24. The van der Waals surface area contributed by atoms with Crippen LogP contribution in [0.25, 0.3) is 44.3 Å². The first-order valence-corrected chi connectivity index (χ1v) is 18.5. The summed E-state index contributed by atoms with van der Waals surface area (Å²) >= 11 is -2.18. The molecule has 0 atom stereocenters. The van der Waals surface area contributed by atoms with Crippen LogP contribution in [0.1, 0.15) is 26.7 Å². The van der Waals surface area contributed by atoms with Gasteiger partial charge in [-0.1, -0.05) is 0 Å². The van der Waals surface area contributed by atoms with E-state index in [2.05, 4.69) is 82.9 Å². The van der Waals surface area contributed by atoms with Crippen molar-refractivity contribution in [3.63, 3.8) is 0 Å². The van der Waals surface area contributed by atoms with Gasteiger partial charge in [0.25, 0.3) is 0 Å². The molecule has 0 fully saturated rings. The second-order valence-corrected chi connectivity index (χ2v) is 20.3. The SMILES string of the molecule is [2H]C(C)(C)c1ccnc(-c2cccc3c2oc2c(-c4ccccc4)[c]([Ge]([CH3])([CH3])[CH3])ccc23)c1. The van der Waals surface area contributed by atoms with E-state index in [-0.39, 0.29) is 0 Å². The van der Waals surface area contributed by atoms with E-state index in [1.807, 2.05) is 26.0 Å². The zero-order chi connectivity index (χ0) is 23.4. The fourth-order valence-corrected chi connectivity index (χ4v) is 7.81. The molecule has 0 unspecified atom stereocenters. The minimum atomic E-state index is -2.18. The Kier molecular flexibility index (Phi) is 4.91. The number of hydrogen-bond acceptors (Lipinski definition) is 2. The van der Waals surface area contributed by atoms with E-state index in [1.165, 1.54) is 15.5 Å². The van der Waals surface area contributed by atoms with Crippen molar-refractivity contribution in [1.29, 1.82) is 0 Å². The molecule has 0 amide bonds. The van der Waals surface area contributed by atoms with E-state index in [0.29, 0.717) is 0 Å². The molecule has 0 saturated carbocycles. The van der Waals surface area contributed by atoms with Crippen molar-refractivity contribution < 1.29 is 5.79 Å². The van der Waals surface area contributed by atoms with Gasteiger partial charge in [0.2, 0.25) is 0 Å². The molecule has 0 bridgehead atoms. The van der Waals surface area contributed by atoms with Gasteiger partial charge in [0, 0.05) is 0 Å². The average molecular weight is 481 g/mol. The van der Waals surface area contributed by atoms with Crippen LogP contribution in [0.4, 0.5) is 0 Å². The topological polar surface area (TPSA) is 26.0 Å². The van der Waals surface area contributed by atoms with Crippen LogP contribution in [0, 0.1) is 0 Å². The molecular formula is C29H29GeNO. The Labute approximate surface area is 194 Å². The molecular weight excluding hydrogens is 451 g/mol. The van der Waals surface area contributed by atoms with Gasteiger partial charge in [-0.05, 0) is 0 Å². The Hall–Kier alpha value is -2.85. The summed E-state index contributed by atoms with van der Waals surface area (Å²) in [6.07, 6.45) is 1.79. The third-order valence-corrected chi connectivity index (χ3v) is 10.4. The molecule has 0 saturated heterocycles. The quantitative estimate of drug-likeness (QED) is 0.243. The molecule has 0 aliphatic rings. The van der Waals surface area contributed by atoms with Gasteiger partial charge in [-0.3, -0.25) is 0 Å². The predicted molar refractivity (Wildman–Crippen MR) is 139 cm³/mol. The third-order valence-electron chi connectivity index (χ3n) is 6.15. The number of aromatic nitrogens is 1. The molecule has 2 heterocycles. The van der Waals surface area contributed by atoms with E-state index in [1.54, 1.807) is 6.20 Å². The van der Waals surface area contributed by atoms with Crippen molar-refractivity contribution in [1.82, 2.24) is 4.98 Å². The number of furan rings is 1. The normalized spacial score (nSPS) is 13.0. The van der Waals surface area contributed by atoms with Crippen molar-refractivity contribution in [3.05, 3.63) is 84.6 Å². The van der Waals surface area contributed by atoms with Gasteiger partial charge >= 0.3 is 194 Å². The summed E-state index contributed by atoms with van der Waals surface area (Å²) in [4.78, 5) is 4.65. The number of fused-ring (bicyclic) bond motifs is 3. The van der Waals surface area contributed by atoms with Gasteiger partial charge in [-0.25, -0.2) is 0 Å². The van der Waals surface area contributed by atoms with Gasteiger partial charge in [0.05, 0.1) is 0 Å². The number of para-hydroxylation sites is 1. The standard InChI is InChI=1S/C29H29GeNO/c1-19(2)21-16-17-31-26(18-21)24-13-9-12-22-23-14-15-25(30(3,4)5)27(29(23)32-28(22)24)20-10-7-6-8-11-20/h6-19H,1-5H3/i19D. The van der Waals surface area contributed by atoms with Crippen LogP contribution in [0.15, 0.2) is 83.4 Å². The van der Waals surface area contributed by atoms with E-state index in [4.69, 9.17) is 5.79 Å². The van der Waals surface area contributed by atoms with Crippen LogP contribution in [0.3, 0.4) is 0 Å². The summed E-state index contributed by atoms with van der Waals surface area (Å²) in [5.74, 6) is 6.60. The Morgan fingerprint density at radius 2 is 1.59 bits per heavy atom. The van der Waals surface area contributed by atoms with Crippen molar-refractivity contribution in [2.24, 2.45) is 0 Å². The molecule has 5 aromatic rings. The van der Waals surface area contributed by atoms with Crippen molar-refractivity contribution >= 4 is 39.6 Å². The molecule has 0 aliphatic carbocycles. The number of hydrogen-bond donors (Lipinski definition) is 0. The minimum absolute atomic E-state index is 0.687. The molecule has 0 radical (unpaired) electrons. The van der Waals surface area contributed by atoms with Crippen molar-refractivity contribution in [2.45, 2.75) is 37.0 Å². The Bertz CT molecular complexity index is 1470. The Balaban J connectivity index is 1.84. The molecule has 3 aromatic carbocycles. The first-order chi connectivity index (χ1) is 15.6. The molecule has 0 aliphatic heterocycles. The van der Waals surface area contributed by atoms with E-state index in [0.717, 1.165) is 38.8 Å². The molecule has 32 heavy (non-hydrogen) atoms. The van der Waals surface area contributed by atoms with Crippen LogP contribution in [0.5, 0.6) is 0 Å².